The Morgan fingerprint density at radius 2 is 2.00 bits per heavy atom. The molecule has 1 unspecified atom stereocenters. The van der Waals surface area contributed by atoms with Crippen LogP contribution in [-0.4, -0.2) is 46.4 Å². The van der Waals surface area contributed by atoms with Gasteiger partial charge in [-0.1, -0.05) is 24.3 Å². The van der Waals surface area contributed by atoms with Crippen LogP contribution in [-0.2, 0) is 16.6 Å². The van der Waals surface area contributed by atoms with E-state index in [1.807, 2.05) is 48.7 Å². The summed E-state index contributed by atoms with van der Waals surface area (Å²) in [5.74, 6) is 0.519. The van der Waals surface area contributed by atoms with Crippen molar-refractivity contribution in [1.29, 1.82) is 0 Å². The zero-order valence-electron chi connectivity index (χ0n) is 16.5. The van der Waals surface area contributed by atoms with Gasteiger partial charge in [-0.2, -0.15) is 5.10 Å². The maximum Gasteiger partial charge on any atom is 0.351 e. The van der Waals surface area contributed by atoms with Gasteiger partial charge in [0.2, 0.25) is 10.0 Å². The van der Waals surface area contributed by atoms with Crippen LogP contribution in [0.25, 0.3) is 5.00 Å². The van der Waals surface area contributed by atoms with Crippen LogP contribution in [0.2, 0.25) is 0 Å². The summed E-state index contributed by atoms with van der Waals surface area (Å²) in [6.45, 7) is 3.27. The Kier molecular flexibility index (Phi) is 5.46. The molecule has 1 aromatic carbocycles. The number of aromatic nitrogens is 3. The third-order valence-electron chi connectivity index (χ3n) is 5.39. The minimum absolute atomic E-state index is 0.119. The molecule has 0 aliphatic carbocycles. The zero-order chi connectivity index (χ0) is 20.6. The molecular weight excluding hydrogens is 408 g/mol. The average molecular weight is 433 g/mol. The normalized spacial score (nSPS) is 18.2. The number of nitrogens with zero attached hydrogens (tertiary/aromatic N) is 4. The fourth-order valence-corrected chi connectivity index (χ4v) is 5.44. The van der Waals surface area contributed by atoms with Crippen molar-refractivity contribution in [3.05, 3.63) is 69.2 Å². The molecule has 1 saturated heterocycles. The Balaban J connectivity index is 1.77. The SMILES string of the molecule is Cc1ccccc1Cn1nc(C2CCCN(S(C)(=O)=O)C2)n(-c2cccs2)c1=O. The van der Waals surface area contributed by atoms with E-state index in [-0.39, 0.29) is 11.6 Å². The van der Waals surface area contributed by atoms with Crippen molar-refractivity contribution >= 4 is 21.4 Å². The first kappa shape index (κ1) is 20.1. The van der Waals surface area contributed by atoms with Crippen LogP contribution in [0.3, 0.4) is 0 Å². The number of sulfonamides is 1. The summed E-state index contributed by atoms with van der Waals surface area (Å²) in [5, 5.41) is 7.42. The number of benzene rings is 1. The second kappa shape index (κ2) is 7.89. The van der Waals surface area contributed by atoms with Crippen molar-refractivity contribution in [2.24, 2.45) is 0 Å². The highest BCUT2D eigenvalue weighted by Gasteiger charge is 2.31. The average Bonchev–Trinajstić information content (AvgIpc) is 3.31. The fourth-order valence-electron chi connectivity index (χ4n) is 3.80. The predicted molar refractivity (Wildman–Crippen MR) is 114 cm³/mol. The second-order valence-electron chi connectivity index (χ2n) is 7.47. The van der Waals surface area contributed by atoms with Gasteiger partial charge in [0.15, 0.2) is 0 Å². The van der Waals surface area contributed by atoms with Gasteiger partial charge in [0.05, 0.1) is 12.8 Å². The van der Waals surface area contributed by atoms with Crippen LogP contribution < -0.4 is 5.69 Å². The quantitative estimate of drug-likeness (QED) is 0.621. The molecule has 1 aliphatic heterocycles. The molecule has 154 valence electrons. The van der Waals surface area contributed by atoms with Gasteiger partial charge in [0.1, 0.15) is 10.8 Å². The van der Waals surface area contributed by atoms with Crippen molar-refractivity contribution in [2.45, 2.75) is 32.2 Å². The van der Waals surface area contributed by atoms with Crippen LogP contribution in [0, 0.1) is 6.92 Å². The number of aryl methyl sites for hydroxylation is 1. The van der Waals surface area contributed by atoms with Gasteiger partial charge in [-0.05, 0) is 48.4 Å². The lowest BCUT2D eigenvalue weighted by Gasteiger charge is -2.30. The maximum atomic E-state index is 13.3. The van der Waals surface area contributed by atoms with Gasteiger partial charge in [0.25, 0.3) is 0 Å². The van der Waals surface area contributed by atoms with E-state index in [0.717, 1.165) is 29.0 Å². The molecule has 9 heteroatoms. The third-order valence-corrected chi connectivity index (χ3v) is 7.51. The third kappa shape index (κ3) is 4.08. The molecule has 2 aromatic heterocycles. The van der Waals surface area contributed by atoms with E-state index in [2.05, 4.69) is 0 Å². The Labute approximate surface area is 174 Å². The van der Waals surface area contributed by atoms with Gasteiger partial charge >= 0.3 is 5.69 Å². The number of rotatable bonds is 5. The van der Waals surface area contributed by atoms with E-state index < -0.39 is 10.0 Å². The highest BCUT2D eigenvalue weighted by atomic mass is 32.2. The lowest BCUT2D eigenvalue weighted by molar-refractivity contribution is 0.308. The van der Waals surface area contributed by atoms with Crippen molar-refractivity contribution in [3.63, 3.8) is 0 Å². The van der Waals surface area contributed by atoms with Crippen LogP contribution >= 0.6 is 11.3 Å². The Hall–Kier alpha value is -2.23. The van der Waals surface area contributed by atoms with E-state index in [9.17, 15) is 13.2 Å². The number of thiophene rings is 1. The monoisotopic (exact) mass is 432 g/mol. The van der Waals surface area contributed by atoms with Gasteiger partial charge in [-0.3, -0.25) is 0 Å². The molecule has 3 heterocycles. The van der Waals surface area contributed by atoms with E-state index in [0.29, 0.717) is 25.5 Å². The van der Waals surface area contributed by atoms with Crippen molar-refractivity contribution in [2.75, 3.05) is 19.3 Å². The van der Waals surface area contributed by atoms with Crippen molar-refractivity contribution in [1.82, 2.24) is 18.7 Å². The van der Waals surface area contributed by atoms with Crippen molar-refractivity contribution in [3.8, 4) is 5.00 Å². The molecule has 0 N–H and O–H groups in total. The molecule has 1 atom stereocenters. The molecule has 3 aromatic rings. The largest absolute Gasteiger partial charge is 0.351 e. The summed E-state index contributed by atoms with van der Waals surface area (Å²) >= 11 is 1.48. The molecule has 1 fully saturated rings. The highest BCUT2D eigenvalue weighted by Crippen LogP contribution is 2.29. The van der Waals surface area contributed by atoms with Gasteiger partial charge in [-0.25, -0.2) is 26.8 Å². The van der Waals surface area contributed by atoms with Gasteiger partial charge in [0, 0.05) is 19.0 Å². The first-order chi connectivity index (χ1) is 13.8. The smallest absolute Gasteiger partial charge is 0.246 e. The summed E-state index contributed by atoms with van der Waals surface area (Å²) in [7, 11) is -3.28. The number of hydrogen-bond donors (Lipinski definition) is 0. The molecule has 0 spiro atoms. The van der Waals surface area contributed by atoms with Crippen LogP contribution in [0.4, 0.5) is 0 Å². The minimum atomic E-state index is -3.28. The number of hydrogen-bond acceptors (Lipinski definition) is 5. The molecule has 0 saturated carbocycles. The first-order valence-corrected chi connectivity index (χ1v) is 12.3. The molecular formula is C20H24N4O3S2. The molecule has 0 bridgehead atoms. The maximum absolute atomic E-state index is 13.3. The predicted octanol–water partition coefficient (Wildman–Crippen LogP) is 2.59. The topological polar surface area (TPSA) is 77.2 Å². The molecule has 29 heavy (non-hydrogen) atoms. The molecule has 4 rings (SSSR count). The van der Waals surface area contributed by atoms with Crippen LogP contribution in [0.1, 0.15) is 35.7 Å². The summed E-state index contributed by atoms with van der Waals surface area (Å²) in [6, 6.07) is 11.7. The van der Waals surface area contributed by atoms with Gasteiger partial charge < -0.3 is 0 Å². The second-order valence-corrected chi connectivity index (χ2v) is 10.4. The Morgan fingerprint density at radius 3 is 2.69 bits per heavy atom. The summed E-state index contributed by atoms with van der Waals surface area (Å²) in [6.07, 6.45) is 2.79. The lowest BCUT2D eigenvalue weighted by Crippen LogP contribution is -2.39. The first-order valence-electron chi connectivity index (χ1n) is 9.58. The Bertz CT molecular complexity index is 1160. The Morgan fingerprint density at radius 1 is 1.21 bits per heavy atom. The van der Waals surface area contributed by atoms with Crippen LogP contribution in [0.15, 0.2) is 46.6 Å². The fraction of sp³-hybridized carbons (Fsp3) is 0.400. The minimum Gasteiger partial charge on any atom is -0.246 e. The molecule has 0 amide bonds. The molecule has 0 radical (unpaired) electrons. The van der Waals surface area contributed by atoms with Crippen LogP contribution in [0.5, 0.6) is 0 Å². The summed E-state index contributed by atoms with van der Waals surface area (Å²) in [4.78, 5) is 13.3. The summed E-state index contributed by atoms with van der Waals surface area (Å²) in [5.41, 5.74) is 1.95. The zero-order valence-corrected chi connectivity index (χ0v) is 18.1. The highest BCUT2D eigenvalue weighted by molar-refractivity contribution is 7.88. The van der Waals surface area contributed by atoms with E-state index in [1.54, 1.807) is 4.57 Å². The lowest BCUT2D eigenvalue weighted by atomic mass is 9.99. The van der Waals surface area contributed by atoms with Gasteiger partial charge in [-0.15, -0.1) is 11.3 Å². The van der Waals surface area contributed by atoms with Crippen molar-refractivity contribution < 1.29 is 8.42 Å². The summed E-state index contributed by atoms with van der Waals surface area (Å²) < 4.78 is 28.8. The molecule has 1 aliphatic rings. The van der Waals surface area contributed by atoms with E-state index in [4.69, 9.17) is 5.10 Å². The number of piperidine rings is 1. The molecule has 7 nitrogen and oxygen atoms in total. The van der Waals surface area contributed by atoms with E-state index in [1.165, 1.54) is 26.6 Å². The standard InChI is InChI=1S/C20H24N4O3S2/c1-15-7-3-4-8-16(15)14-23-20(25)24(18-10-6-12-28-18)19(21-23)17-9-5-11-22(13-17)29(2,26)27/h3-4,6-8,10,12,17H,5,9,11,13-14H2,1-2H3. The van der Waals surface area contributed by atoms with E-state index >= 15 is 0 Å².